The van der Waals surface area contributed by atoms with E-state index in [1.165, 1.54) is 43.5 Å². The second kappa shape index (κ2) is 4.54. The molecule has 0 aromatic carbocycles. The predicted molar refractivity (Wildman–Crippen MR) is 74.8 cm³/mol. The van der Waals surface area contributed by atoms with E-state index in [1.54, 1.807) is 0 Å². The average Bonchev–Trinajstić information content (AvgIpc) is 3.11. The first-order valence-electron chi connectivity index (χ1n) is 7.11. The molecule has 1 aliphatic heterocycles. The molecule has 1 saturated heterocycles. The second-order valence-corrected chi connectivity index (χ2v) is 6.23. The third-order valence-electron chi connectivity index (χ3n) is 4.23. The summed E-state index contributed by atoms with van der Waals surface area (Å²) in [5, 5.41) is 3.60. The van der Waals surface area contributed by atoms with Gasteiger partial charge in [-0.1, -0.05) is 0 Å². The van der Waals surface area contributed by atoms with Crippen molar-refractivity contribution in [2.24, 2.45) is 0 Å². The fourth-order valence-electron chi connectivity index (χ4n) is 2.92. The molecule has 1 aromatic heterocycles. The number of hydrogen-bond donors (Lipinski definition) is 1. The van der Waals surface area contributed by atoms with Crippen LogP contribution in [0.1, 0.15) is 45.1 Å². The van der Waals surface area contributed by atoms with Crippen LogP contribution < -0.4 is 10.2 Å². The highest BCUT2D eigenvalue weighted by Gasteiger charge is 2.33. The fraction of sp³-hybridized carbons (Fsp3) is 0.667. The Morgan fingerprint density at radius 3 is 2.94 bits per heavy atom. The Kier molecular flexibility index (Phi) is 3.02. The van der Waals surface area contributed by atoms with Crippen LogP contribution in [0.4, 0.5) is 5.69 Å². The SMILES string of the molecule is CC1(C)CCCN1c1ccncc1CNC1CC1. The highest BCUT2D eigenvalue weighted by molar-refractivity contribution is 5.55. The van der Waals surface area contributed by atoms with Gasteiger partial charge < -0.3 is 10.2 Å². The van der Waals surface area contributed by atoms with Crippen LogP contribution in [0.3, 0.4) is 0 Å². The van der Waals surface area contributed by atoms with E-state index in [9.17, 15) is 0 Å². The minimum Gasteiger partial charge on any atom is -0.366 e. The molecule has 1 aliphatic carbocycles. The van der Waals surface area contributed by atoms with Gasteiger partial charge in [0.1, 0.15) is 0 Å². The molecule has 1 N–H and O–H groups in total. The summed E-state index contributed by atoms with van der Waals surface area (Å²) in [7, 11) is 0. The molecule has 0 radical (unpaired) electrons. The number of nitrogens with zero attached hydrogens (tertiary/aromatic N) is 2. The van der Waals surface area contributed by atoms with Crippen molar-refractivity contribution in [1.29, 1.82) is 0 Å². The Morgan fingerprint density at radius 2 is 2.28 bits per heavy atom. The van der Waals surface area contributed by atoms with Crippen molar-refractivity contribution < 1.29 is 0 Å². The van der Waals surface area contributed by atoms with Gasteiger partial charge in [-0.25, -0.2) is 0 Å². The molecule has 1 aromatic rings. The molecule has 0 amide bonds. The zero-order chi connectivity index (χ0) is 12.6. The highest BCUT2D eigenvalue weighted by Crippen LogP contribution is 2.35. The summed E-state index contributed by atoms with van der Waals surface area (Å²) < 4.78 is 0. The lowest BCUT2D eigenvalue weighted by Crippen LogP contribution is -2.39. The normalized spacial score (nSPS) is 22.4. The van der Waals surface area contributed by atoms with E-state index in [4.69, 9.17) is 0 Å². The molecule has 3 rings (SSSR count). The van der Waals surface area contributed by atoms with Crippen molar-refractivity contribution in [1.82, 2.24) is 10.3 Å². The first kappa shape index (κ1) is 12.0. The van der Waals surface area contributed by atoms with Crippen molar-refractivity contribution in [2.45, 2.75) is 57.7 Å². The molecule has 3 heteroatoms. The number of aromatic nitrogens is 1. The molecule has 0 atom stereocenters. The largest absolute Gasteiger partial charge is 0.366 e. The van der Waals surface area contributed by atoms with Crippen LogP contribution in [0.15, 0.2) is 18.5 Å². The first-order valence-corrected chi connectivity index (χ1v) is 7.11. The van der Waals surface area contributed by atoms with E-state index < -0.39 is 0 Å². The molecular formula is C15H23N3. The molecule has 3 nitrogen and oxygen atoms in total. The minimum absolute atomic E-state index is 0.287. The average molecular weight is 245 g/mol. The topological polar surface area (TPSA) is 28.2 Å². The summed E-state index contributed by atoms with van der Waals surface area (Å²) in [5.41, 5.74) is 3.01. The van der Waals surface area contributed by atoms with Gasteiger partial charge in [0.15, 0.2) is 0 Å². The molecule has 2 heterocycles. The number of hydrogen-bond acceptors (Lipinski definition) is 3. The Bertz CT molecular complexity index is 424. The molecule has 0 spiro atoms. The van der Waals surface area contributed by atoms with Crippen LogP contribution in [0.5, 0.6) is 0 Å². The molecule has 18 heavy (non-hydrogen) atoms. The van der Waals surface area contributed by atoms with Crippen LogP contribution in [0.2, 0.25) is 0 Å². The van der Waals surface area contributed by atoms with Gasteiger partial charge >= 0.3 is 0 Å². The third kappa shape index (κ3) is 2.37. The Morgan fingerprint density at radius 1 is 1.44 bits per heavy atom. The number of pyridine rings is 1. The van der Waals surface area contributed by atoms with Gasteiger partial charge in [-0.05, 0) is 45.6 Å². The summed E-state index contributed by atoms with van der Waals surface area (Å²) in [6.45, 7) is 6.82. The molecule has 2 aliphatic rings. The van der Waals surface area contributed by atoms with Gasteiger partial charge in [0.2, 0.25) is 0 Å². The van der Waals surface area contributed by atoms with Crippen molar-refractivity contribution in [3.8, 4) is 0 Å². The minimum atomic E-state index is 0.287. The molecule has 0 unspecified atom stereocenters. The van der Waals surface area contributed by atoms with Gasteiger partial charge in [0.25, 0.3) is 0 Å². The molecular weight excluding hydrogens is 222 g/mol. The summed E-state index contributed by atoms with van der Waals surface area (Å²) in [5.74, 6) is 0. The van der Waals surface area contributed by atoms with Crippen molar-refractivity contribution >= 4 is 5.69 Å². The third-order valence-corrected chi connectivity index (χ3v) is 4.23. The van der Waals surface area contributed by atoms with E-state index in [2.05, 4.69) is 35.1 Å². The molecule has 2 fully saturated rings. The summed E-state index contributed by atoms with van der Waals surface area (Å²) in [4.78, 5) is 6.85. The highest BCUT2D eigenvalue weighted by atomic mass is 15.2. The Hall–Kier alpha value is -1.09. The van der Waals surface area contributed by atoms with Crippen LogP contribution in [0, 0.1) is 0 Å². The van der Waals surface area contributed by atoms with Crippen molar-refractivity contribution in [2.75, 3.05) is 11.4 Å². The van der Waals surface area contributed by atoms with Gasteiger partial charge in [-0.15, -0.1) is 0 Å². The van der Waals surface area contributed by atoms with E-state index in [0.717, 1.165) is 12.6 Å². The van der Waals surface area contributed by atoms with Crippen LogP contribution in [-0.2, 0) is 6.54 Å². The zero-order valence-electron chi connectivity index (χ0n) is 11.4. The number of rotatable bonds is 4. The molecule has 1 saturated carbocycles. The van der Waals surface area contributed by atoms with Crippen molar-refractivity contribution in [3.63, 3.8) is 0 Å². The van der Waals surface area contributed by atoms with Crippen LogP contribution >= 0.6 is 0 Å². The van der Waals surface area contributed by atoms with Crippen molar-refractivity contribution in [3.05, 3.63) is 24.0 Å². The zero-order valence-corrected chi connectivity index (χ0v) is 11.4. The smallest absolute Gasteiger partial charge is 0.0447 e. The lowest BCUT2D eigenvalue weighted by molar-refractivity contribution is 0.515. The van der Waals surface area contributed by atoms with Gasteiger partial charge in [0, 0.05) is 48.3 Å². The Labute approximate surface area is 110 Å². The van der Waals surface area contributed by atoms with Gasteiger partial charge in [0.05, 0.1) is 0 Å². The van der Waals surface area contributed by atoms with Gasteiger partial charge in [-0.3, -0.25) is 4.98 Å². The first-order chi connectivity index (χ1) is 8.67. The lowest BCUT2D eigenvalue weighted by atomic mass is 10.0. The predicted octanol–water partition coefficient (Wildman–Crippen LogP) is 2.71. The quantitative estimate of drug-likeness (QED) is 0.884. The van der Waals surface area contributed by atoms with E-state index in [0.29, 0.717) is 0 Å². The van der Waals surface area contributed by atoms with E-state index in [-0.39, 0.29) is 5.54 Å². The summed E-state index contributed by atoms with van der Waals surface area (Å²) >= 11 is 0. The Balaban J connectivity index is 1.81. The fourth-order valence-corrected chi connectivity index (χ4v) is 2.92. The maximum Gasteiger partial charge on any atom is 0.0447 e. The molecule has 98 valence electrons. The van der Waals surface area contributed by atoms with Crippen LogP contribution in [-0.4, -0.2) is 23.1 Å². The van der Waals surface area contributed by atoms with E-state index in [1.807, 2.05) is 12.4 Å². The van der Waals surface area contributed by atoms with E-state index >= 15 is 0 Å². The second-order valence-electron chi connectivity index (χ2n) is 6.23. The van der Waals surface area contributed by atoms with Crippen LogP contribution in [0.25, 0.3) is 0 Å². The maximum absolute atomic E-state index is 4.30. The molecule has 0 bridgehead atoms. The maximum atomic E-state index is 4.30. The number of anilines is 1. The summed E-state index contributed by atoms with van der Waals surface area (Å²) in [6.07, 6.45) is 9.20. The van der Waals surface area contributed by atoms with Gasteiger partial charge in [-0.2, -0.15) is 0 Å². The number of nitrogens with one attached hydrogen (secondary N) is 1. The summed E-state index contributed by atoms with van der Waals surface area (Å²) in [6, 6.07) is 2.93. The lowest BCUT2D eigenvalue weighted by Gasteiger charge is -2.35. The monoisotopic (exact) mass is 245 g/mol. The standard InChI is InChI=1S/C15H23N3/c1-15(2)7-3-9-18(15)14-6-8-16-10-12(14)11-17-13-4-5-13/h6,8,10,13,17H,3-5,7,9,11H2,1-2H3.